The molecule has 0 aliphatic rings. The predicted molar refractivity (Wildman–Crippen MR) is 129 cm³/mol. The molecule has 0 atom stereocenters. The van der Waals surface area contributed by atoms with Crippen molar-refractivity contribution in [1.29, 1.82) is 0 Å². The van der Waals surface area contributed by atoms with E-state index in [2.05, 4.69) is 5.32 Å². The van der Waals surface area contributed by atoms with E-state index in [0.29, 0.717) is 50.4 Å². The summed E-state index contributed by atoms with van der Waals surface area (Å²) in [6.45, 7) is 2.85. The number of carboxylic acid groups (broad SMARTS) is 1. The second-order valence-corrected chi connectivity index (χ2v) is 8.36. The highest BCUT2D eigenvalue weighted by atomic mass is 35.5. The van der Waals surface area contributed by atoms with Crippen LogP contribution < -0.4 is 14.8 Å². The van der Waals surface area contributed by atoms with Crippen LogP contribution in [-0.4, -0.2) is 17.7 Å². The van der Waals surface area contributed by atoms with Crippen molar-refractivity contribution in [2.45, 2.75) is 20.1 Å². The quantitative estimate of drug-likeness (QED) is 0.308. The molecule has 5 nitrogen and oxygen atoms in total. The van der Waals surface area contributed by atoms with Gasteiger partial charge < -0.3 is 19.9 Å². The largest absolute Gasteiger partial charge is 0.490 e. The fourth-order valence-electron chi connectivity index (χ4n) is 2.90. The lowest BCUT2D eigenvalue weighted by Crippen LogP contribution is -2.05. The van der Waals surface area contributed by atoms with Gasteiger partial charge in [0, 0.05) is 6.54 Å². The zero-order chi connectivity index (χ0) is 23.3. The van der Waals surface area contributed by atoms with Crippen LogP contribution >= 0.6 is 46.4 Å². The minimum absolute atomic E-state index is 0.135. The number of hydrogen-bond acceptors (Lipinski definition) is 4. The van der Waals surface area contributed by atoms with Gasteiger partial charge in [-0.05, 0) is 60.5 Å². The highest BCUT2D eigenvalue weighted by Gasteiger charge is 2.14. The van der Waals surface area contributed by atoms with Crippen LogP contribution in [0, 0.1) is 0 Å². The van der Waals surface area contributed by atoms with Gasteiger partial charge in [0.05, 0.1) is 37.9 Å². The highest BCUT2D eigenvalue weighted by Crippen LogP contribution is 2.38. The molecule has 0 radical (unpaired) electrons. The Balaban J connectivity index is 1.78. The van der Waals surface area contributed by atoms with E-state index in [1.54, 1.807) is 18.2 Å². The highest BCUT2D eigenvalue weighted by molar-refractivity contribution is 6.42. The van der Waals surface area contributed by atoms with Gasteiger partial charge >= 0.3 is 5.97 Å². The molecule has 2 N–H and O–H groups in total. The van der Waals surface area contributed by atoms with Crippen LogP contribution in [0.4, 0.5) is 5.69 Å². The summed E-state index contributed by atoms with van der Waals surface area (Å²) in [5.74, 6) is -0.133. The molecule has 9 heteroatoms. The first kappa shape index (κ1) is 24.3. The molecule has 0 spiro atoms. The van der Waals surface area contributed by atoms with Gasteiger partial charge in [0.1, 0.15) is 6.61 Å². The van der Waals surface area contributed by atoms with Gasteiger partial charge in [-0.3, -0.25) is 0 Å². The van der Waals surface area contributed by atoms with Gasteiger partial charge in [-0.1, -0.05) is 52.5 Å². The molecule has 0 saturated heterocycles. The Morgan fingerprint density at radius 2 is 1.59 bits per heavy atom. The first-order valence-corrected chi connectivity index (χ1v) is 11.1. The summed E-state index contributed by atoms with van der Waals surface area (Å²) >= 11 is 24.7. The van der Waals surface area contributed by atoms with Gasteiger partial charge in [0.25, 0.3) is 0 Å². The molecule has 3 rings (SSSR count). The Morgan fingerprint density at radius 3 is 2.28 bits per heavy atom. The van der Waals surface area contributed by atoms with Crippen LogP contribution in [0.1, 0.15) is 28.4 Å². The Morgan fingerprint density at radius 1 is 0.875 bits per heavy atom. The molecule has 3 aromatic carbocycles. The molecule has 0 saturated carbocycles. The topological polar surface area (TPSA) is 67.8 Å². The van der Waals surface area contributed by atoms with Crippen molar-refractivity contribution in [3.05, 3.63) is 85.3 Å². The van der Waals surface area contributed by atoms with Crippen molar-refractivity contribution in [2.75, 3.05) is 11.9 Å². The van der Waals surface area contributed by atoms with Crippen molar-refractivity contribution in [3.63, 3.8) is 0 Å². The molecule has 32 heavy (non-hydrogen) atoms. The second kappa shape index (κ2) is 11.0. The third kappa shape index (κ3) is 6.14. The Kier molecular flexibility index (Phi) is 8.38. The molecular formula is C23H19Cl4NO4. The number of ether oxygens (including phenoxy) is 2. The normalized spacial score (nSPS) is 10.7. The molecular weight excluding hydrogens is 496 g/mol. The van der Waals surface area contributed by atoms with Gasteiger partial charge in [0.2, 0.25) is 0 Å². The summed E-state index contributed by atoms with van der Waals surface area (Å²) in [7, 11) is 0. The number of aromatic carboxylic acids is 1. The standard InChI is InChI=1S/C23H19Cl4NO4/c1-2-31-21-9-14(11-28-20-10-15(23(29)30)4-6-17(20)25)8-19(27)22(21)32-12-13-3-5-16(24)18(26)7-13/h3-10,28H,2,11-12H2,1H3,(H,29,30). The smallest absolute Gasteiger partial charge is 0.335 e. The maximum atomic E-state index is 11.2. The third-order valence-electron chi connectivity index (χ3n) is 4.43. The molecule has 0 aliphatic heterocycles. The van der Waals surface area contributed by atoms with E-state index in [9.17, 15) is 9.90 Å². The maximum absolute atomic E-state index is 11.2. The Labute approximate surface area is 205 Å². The fourth-order valence-corrected chi connectivity index (χ4v) is 3.70. The molecule has 0 fully saturated rings. The van der Waals surface area contributed by atoms with E-state index in [0.717, 1.165) is 11.1 Å². The predicted octanol–water partition coefficient (Wildman–Crippen LogP) is 7.59. The summed E-state index contributed by atoms with van der Waals surface area (Å²) in [4.78, 5) is 11.2. The molecule has 168 valence electrons. The first-order valence-electron chi connectivity index (χ1n) is 9.57. The Hall–Kier alpha value is -2.31. The van der Waals surface area contributed by atoms with Gasteiger partial charge in [-0.15, -0.1) is 0 Å². The van der Waals surface area contributed by atoms with Crippen molar-refractivity contribution in [2.24, 2.45) is 0 Å². The van der Waals surface area contributed by atoms with Crippen molar-refractivity contribution in [3.8, 4) is 11.5 Å². The summed E-state index contributed by atoms with van der Waals surface area (Å²) in [6, 6.07) is 13.3. The number of carbonyl (C=O) groups is 1. The minimum Gasteiger partial charge on any atom is -0.490 e. The van der Waals surface area contributed by atoms with E-state index in [-0.39, 0.29) is 12.2 Å². The first-order chi connectivity index (χ1) is 15.3. The SMILES string of the molecule is CCOc1cc(CNc2cc(C(=O)O)ccc2Cl)cc(Cl)c1OCc1ccc(Cl)c(Cl)c1. The number of carboxylic acids is 1. The number of halogens is 4. The van der Waals surface area contributed by atoms with Crippen LogP contribution in [0.25, 0.3) is 0 Å². The van der Waals surface area contributed by atoms with Gasteiger partial charge in [0.15, 0.2) is 11.5 Å². The summed E-state index contributed by atoms with van der Waals surface area (Å²) < 4.78 is 11.6. The van der Waals surface area contributed by atoms with Crippen molar-refractivity contribution >= 4 is 58.1 Å². The molecule has 0 aliphatic carbocycles. The summed E-state index contributed by atoms with van der Waals surface area (Å²) in [5, 5.41) is 14.0. The van der Waals surface area contributed by atoms with Crippen molar-refractivity contribution in [1.82, 2.24) is 0 Å². The average molecular weight is 515 g/mol. The van der Waals surface area contributed by atoms with Crippen LogP contribution in [0.5, 0.6) is 11.5 Å². The summed E-state index contributed by atoms with van der Waals surface area (Å²) in [6.07, 6.45) is 0. The van der Waals surface area contributed by atoms with Crippen LogP contribution in [0.15, 0.2) is 48.5 Å². The minimum atomic E-state index is -1.03. The van der Waals surface area contributed by atoms with Gasteiger partial charge in [-0.25, -0.2) is 4.79 Å². The summed E-state index contributed by atoms with van der Waals surface area (Å²) in [5.41, 5.74) is 2.27. The zero-order valence-electron chi connectivity index (χ0n) is 16.9. The fraction of sp³-hybridized carbons (Fsp3) is 0.174. The number of rotatable bonds is 9. The number of nitrogens with one attached hydrogen (secondary N) is 1. The van der Waals surface area contributed by atoms with E-state index in [1.807, 2.05) is 19.1 Å². The van der Waals surface area contributed by atoms with E-state index < -0.39 is 5.97 Å². The maximum Gasteiger partial charge on any atom is 0.335 e. The second-order valence-electron chi connectivity index (χ2n) is 6.73. The van der Waals surface area contributed by atoms with Crippen LogP contribution in [0.3, 0.4) is 0 Å². The lowest BCUT2D eigenvalue weighted by atomic mass is 10.1. The monoisotopic (exact) mass is 513 g/mol. The van der Waals surface area contributed by atoms with Crippen LogP contribution in [0.2, 0.25) is 20.1 Å². The molecule has 0 bridgehead atoms. The Bertz CT molecular complexity index is 1140. The average Bonchev–Trinajstić information content (AvgIpc) is 2.75. The van der Waals surface area contributed by atoms with Crippen molar-refractivity contribution < 1.29 is 19.4 Å². The third-order valence-corrected chi connectivity index (χ3v) is 5.78. The zero-order valence-corrected chi connectivity index (χ0v) is 19.9. The molecule has 0 heterocycles. The number of benzene rings is 3. The molecule has 0 unspecified atom stereocenters. The molecule has 0 aromatic heterocycles. The van der Waals surface area contributed by atoms with E-state index >= 15 is 0 Å². The molecule has 3 aromatic rings. The van der Waals surface area contributed by atoms with E-state index in [1.165, 1.54) is 18.2 Å². The molecule has 0 amide bonds. The lowest BCUT2D eigenvalue weighted by molar-refractivity contribution is 0.0697. The lowest BCUT2D eigenvalue weighted by Gasteiger charge is -2.16. The van der Waals surface area contributed by atoms with E-state index in [4.69, 9.17) is 55.9 Å². The number of anilines is 1. The van der Waals surface area contributed by atoms with Crippen LogP contribution in [-0.2, 0) is 13.2 Å². The van der Waals surface area contributed by atoms with Gasteiger partial charge in [-0.2, -0.15) is 0 Å². The number of hydrogen-bond donors (Lipinski definition) is 2.